The van der Waals surface area contributed by atoms with Crippen LogP contribution in [0, 0.1) is 0 Å². The third-order valence-corrected chi connectivity index (χ3v) is 1.48. The largest absolute Gasteiger partial charge is 0.463 e. The number of hydrogen-bond donors (Lipinski definition) is 1. The highest BCUT2D eigenvalue weighted by molar-refractivity contribution is 5.70. The molecule has 0 aliphatic heterocycles. The molecule has 0 rings (SSSR count). The highest BCUT2D eigenvalue weighted by Crippen LogP contribution is 2.09. The molecule has 0 aromatic carbocycles. The van der Waals surface area contributed by atoms with Gasteiger partial charge in [0, 0.05) is 0 Å². The Balaban J connectivity index is 3.75. The number of esters is 1. The Morgan fingerprint density at radius 2 is 2.08 bits per heavy atom. The molecule has 0 aliphatic rings. The molecule has 1 atom stereocenters. The summed E-state index contributed by atoms with van der Waals surface area (Å²) in [7, 11) is 0. The lowest BCUT2D eigenvalue weighted by Crippen LogP contribution is -2.26. The number of hydrogen-bond acceptors (Lipinski definition) is 3. The van der Waals surface area contributed by atoms with Crippen molar-refractivity contribution in [1.29, 1.82) is 0 Å². The maximum atomic E-state index is 11.0. The van der Waals surface area contributed by atoms with E-state index < -0.39 is 5.60 Å². The summed E-state index contributed by atoms with van der Waals surface area (Å²) >= 11 is 0. The molecule has 0 aliphatic carbocycles. The Morgan fingerprint density at radius 3 is 2.42 bits per heavy atom. The number of ether oxygens (including phenoxy) is 1. The second-order valence-electron chi connectivity index (χ2n) is 3.70. The molecule has 0 amide bonds. The van der Waals surface area contributed by atoms with Crippen molar-refractivity contribution in [2.45, 2.75) is 52.2 Å². The van der Waals surface area contributed by atoms with Crippen molar-refractivity contribution in [1.82, 2.24) is 0 Å². The van der Waals surface area contributed by atoms with E-state index in [4.69, 9.17) is 4.74 Å². The Hall–Kier alpha value is -0.570. The number of carbonyl (C=O) groups excluding carboxylic acids is 1. The summed E-state index contributed by atoms with van der Waals surface area (Å²) in [4.78, 5) is 11.0. The molecule has 3 nitrogen and oxygen atoms in total. The van der Waals surface area contributed by atoms with Gasteiger partial charge in [-0.25, -0.2) is 0 Å². The Bertz CT molecular complexity index is 146. The summed E-state index contributed by atoms with van der Waals surface area (Å²) < 4.78 is 4.98. The fourth-order valence-corrected chi connectivity index (χ4v) is 0.703. The van der Waals surface area contributed by atoms with E-state index in [0.717, 1.165) is 6.42 Å². The van der Waals surface area contributed by atoms with Crippen LogP contribution in [0.1, 0.15) is 40.5 Å². The quantitative estimate of drug-likeness (QED) is 0.657. The van der Waals surface area contributed by atoms with E-state index in [-0.39, 0.29) is 18.5 Å². The molecular weight excluding hydrogens is 156 g/mol. The average molecular weight is 174 g/mol. The van der Waals surface area contributed by atoms with Crippen LogP contribution < -0.4 is 0 Å². The number of rotatable bonds is 4. The molecule has 0 saturated carbocycles. The Kier molecular flexibility index (Phi) is 4.24. The normalized spacial score (nSPS) is 14.1. The van der Waals surface area contributed by atoms with Crippen LogP contribution in [0.3, 0.4) is 0 Å². The minimum absolute atomic E-state index is 0.0529. The molecule has 3 heteroatoms. The SMILES string of the molecule is CCC(C)OC(=O)CC(C)(C)O. The van der Waals surface area contributed by atoms with Crippen LogP contribution in [0.4, 0.5) is 0 Å². The first kappa shape index (κ1) is 11.4. The molecule has 0 aromatic rings. The fourth-order valence-electron chi connectivity index (χ4n) is 0.703. The van der Waals surface area contributed by atoms with Gasteiger partial charge in [-0.15, -0.1) is 0 Å². The summed E-state index contributed by atoms with van der Waals surface area (Å²) in [5.41, 5.74) is -0.968. The van der Waals surface area contributed by atoms with E-state index in [1.54, 1.807) is 13.8 Å². The first-order chi connectivity index (χ1) is 5.35. The van der Waals surface area contributed by atoms with Crippen molar-refractivity contribution in [2.24, 2.45) is 0 Å². The number of carbonyl (C=O) groups is 1. The summed E-state index contributed by atoms with van der Waals surface area (Å²) in [6.45, 7) is 6.96. The van der Waals surface area contributed by atoms with Crippen LogP contribution in [-0.4, -0.2) is 22.8 Å². The minimum Gasteiger partial charge on any atom is -0.463 e. The van der Waals surface area contributed by atoms with E-state index in [0.29, 0.717) is 0 Å². The first-order valence-corrected chi connectivity index (χ1v) is 4.27. The van der Waals surface area contributed by atoms with Crippen LogP contribution >= 0.6 is 0 Å². The van der Waals surface area contributed by atoms with E-state index >= 15 is 0 Å². The van der Waals surface area contributed by atoms with Gasteiger partial charge in [0.25, 0.3) is 0 Å². The van der Waals surface area contributed by atoms with Gasteiger partial charge in [-0.2, -0.15) is 0 Å². The Labute approximate surface area is 73.7 Å². The molecule has 12 heavy (non-hydrogen) atoms. The molecular formula is C9H18O3. The monoisotopic (exact) mass is 174 g/mol. The van der Waals surface area contributed by atoms with Gasteiger partial charge in [0.1, 0.15) is 0 Å². The van der Waals surface area contributed by atoms with Gasteiger partial charge >= 0.3 is 5.97 Å². The van der Waals surface area contributed by atoms with Crippen LogP contribution in [-0.2, 0) is 9.53 Å². The summed E-state index contributed by atoms with van der Waals surface area (Å²) in [5.74, 6) is -0.336. The lowest BCUT2D eigenvalue weighted by molar-refractivity contribution is -0.152. The third kappa shape index (κ3) is 6.16. The summed E-state index contributed by atoms with van der Waals surface area (Å²) in [6, 6.07) is 0. The van der Waals surface area contributed by atoms with Crippen molar-refractivity contribution in [3.8, 4) is 0 Å². The number of aliphatic hydroxyl groups is 1. The molecule has 0 spiro atoms. The highest BCUT2D eigenvalue weighted by atomic mass is 16.5. The van der Waals surface area contributed by atoms with E-state index in [1.807, 2.05) is 13.8 Å². The first-order valence-electron chi connectivity index (χ1n) is 4.27. The van der Waals surface area contributed by atoms with Gasteiger partial charge in [0.2, 0.25) is 0 Å². The van der Waals surface area contributed by atoms with Crippen LogP contribution in [0.25, 0.3) is 0 Å². The highest BCUT2D eigenvalue weighted by Gasteiger charge is 2.19. The zero-order valence-electron chi connectivity index (χ0n) is 8.26. The molecule has 72 valence electrons. The molecule has 0 radical (unpaired) electrons. The maximum Gasteiger partial charge on any atom is 0.308 e. The van der Waals surface area contributed by atoms with E-state index in [2.05, 4.69) is 0 Å². The maximum absolute atomic E-state index is 11.0. The second kappa shape index (κ2) is 4.45. The predicted octanol–water partition coefficient (Wildman–Crippen LogP) is 1.49. The molecule has 0 aromatic heterocycles. The Morgan fingerprint density at radius 1 is 1.58 bits per heavy atom. The van der Waals surface area contributed by atoms with Gasteiger partial charge in [-0.1, -0.05) is 6.92 Å². The van der Waals surface area contributed by atoms with Gasteiger partial charge in [0.05, 0.1) is 18.1 Å². The van der Waals surface area contributed by atoms with Gasteiger partial charge in [-0.05, 0) is 27.2 Å². The molecule has 1 N–H and O–H groups in total. The van der Waals surface area contributed by atoms with E-state index in [1.165, 1.54) is 0 Å². The fraction of sp³-hybridized carbons (Fsp3) is 0.889. The van der Waals surface area contributed by atoms with Gasteiger partial charge in [-0.3, -0.25) is 4.79 Å². The molecule has 0 fully saturated rings. The van der Waals surface area contributed by atoms with Crippen LogP contribution in [0.5, 0.6) is 0 Å². The van der Waals surface area contributed by atoms with E-state index in [9.17, 15) is 9.90 Å². The van der Waals surface area contributed by atoms with Crippen LogP contribution in [0.15, 0.2) is 0 Å². The van der Waals surface area contributed by atoms with Crippen molar-refractivity contribution in [3.63, 3.8) is 0 Å². The zero-order chi connectivity index (χ0) is 9.78. The van der Waals surface area contributed by atoms with Crippen molar-refractivity contribution < 1.29 is 14.6 Å². The lowest BCUT2D eigenvalue weighted by Gasteiger charge is -2.17. The molecule has 0 saturated heterocycles. The predicted molar refractivity (Wildman–Crippen MR) is 46.8 cm³/mol. The average Bonchev–Trinajstić information content (AvgIpc) is 1.82. The van der Waals surface area contributed by atoms with Gasteiger partial charge in [0.15, 0.2) is 0 Å². The van der Waals surface area contributed by atoms with Gasteiger partial charge < -0.3 is 9.84 Å². The van der Waals surface area contributed by atoms with Crippen molar-refractivity contribution >= 4 is 5.97 Å². The topological polar surface area (TPSA) is 46.5 Å². The second-order valence-corrected chi connectivity index (χ2v) is 3.70. The van der Waals surface area contributed by atoms with Crippen LogP contribution in [0.2, 0.25) is 0 Å². The van der Waals surface area contributed by atoms with Crippen molar-refractivity contribution in [3.05, 3.63) is 0 Å². The summed E-state index contributed by atoms with van der Waals surface area (Å²) in [5, 5.41) is 9.27. The molecule has 0 bridgehead atoms. The van der Waals surface area contributed by atoms with Crippen molar-refractivity contribution in [2.75, 3.05) is 0 Å². The summed E-state index contributed by atoms with van der Waals surface area (Å²) in [6.07, 6.45) is 0.800. The molecule has 1 unspecified atom stereocenters. The standard InChI is InChI=1S/C9H18O3/c1-5-7(2)12-8(10)6-9(3,4)11/h7,11H,5-6H2,1-4H3. The lowest BCUT2D eigenvalue weighted by atomic mass is 10.1. The molecule has 0 heterocycles. The smallest absolute Gasteiger partial charge is 0.308 e. The zero-order valence-corrected chi connectivity index (χ0v) is 8.26. The minimum atomic E-state index is -0.968. The third-order valence-electron chi connectivity index (χ3n) is 1.48.